The summed E-state index contributed by atoms with van der Waals surface area (Å²) < 4.78 is 0. The first-order chi connectivity index (χ1) is 9.73. The Kier molecular flexibility index (Phi) is 3.45. The molecule has 0 heterocycles. The first-order valence-electron chi connectivity index (χ1n) is 7.24. The summed E-state index contributed by atoms with van der Waals surface area (Å²) in [6, 6.07) is 14.2. The molecule has 0 unspecified atom stereocenters. The van der Waals surface area contributed by atoms with Gasteiger partial charge in [-0.1, -0.05) is 43.2 Å². The van der Waals surface area contributed by atoms with Gasteiger partial charge in [0, 0.05) is 12.2 Å². The van der Waals surface area contributed by atoms with Crippen LogP contribution in [0.3, 0.4) is 0 Å². The molecule has 3 heteroatoms. The van der Waals surface area contributed by atoms with Crippen LogP contribution in [0.5, 0.6) is 0 Å². The number of carbonyl (C=O) groups is 1. The Labute approximate surface area is 119 Å². The summed E-state index contributed by atoms with van der Waals surface area (Å²) in [6.07, 6.45) is 4.01. The quantitative estimate of drug-likeness (QED) is 0.897. The molecular formula is C17H20N2O. The SMILES string of the molecule is NCC1(C(=O)Nc2ccc3ccccc3c2)CCCC1. The molecule has 0 radical (unpaired) electrons. The molecule has 1 fully saturated rings. The van der Waals surface area contributed by atoms with E-state index < -0.39 is 0 Å². The molecule has 2 aromatic rings. The molecule has 3 nitrogen and oxygen atoms in total. The molecule has 1 aliphatic carbocycles. The highest BCUT2D eigenvalue weighted by molar-refractivity contribution is 5.97. The summed E-state index contributed by atoms with van der Waals surface area (Å²) in [7, 11) is 0. The van der Waals surface area contributed by atoms with Crippen LogP contribution < -0.4 is 11.1 Å². The van der Waals surface area contributed by atoms with Crippen molar-refractivity contribution in [3.05, 3.63) is 42.5 Å². The van der Waals surface area contributed by atoms with Crippen LogP contribution in [0, 0.1) is 5.41 Å². The molecule has 1 amide bonds. The van der Waals surface area contributed by atoms with E-state index in [0.717, 1.165) is 36.8 Å². The summed E-state index contributed by atoms with van der Waals surface area (Å²) in [4.78, 5) is 12.5. The zero-order valence-corrected chi connectivity index (χ0v) is 11.6. The number of hydrogen-bond donors (Lipinski definition) is 2. The minimum absolute atomic E-state index is 0.0766. The van der Waals surface area contributed by atoms with Crippen molar-refractivity contribution in [2.75, 3.05) is 11.9 Å². The van der Waals surface area contributed by atoms with Crippen LogP contribution in [0.1, 0.15) is 25.7 Å². The molecule has 1 saturated carbocycles. The number of nitrogens with one attached hydrogen (secondary N) is 1. The average Bonchev–Trinajstić information content (AvgIpc) is 2.97. The second kappa shape index (κ2) is 5.25. The summed E-state index contributed by atoms with van der Waals surface area (Å²) >= 11 is 0. The van der Waals surface area contributed by atoms with Crippen molar-refractivity contribution in [1.29, 1.82) is 0 Å². The molecule has 2 aromatic carbocycles. The fourth-order valence-electron chi connectivity index (χ4n) is 3.11. The molecule has 20 heavy (non-hydrogen) atoms. The van der Waals surface area contributed by atoms with E-state index in [1.54, 1.807) is 0 Å². The van der Waals surface area contributed by atoms with Gasteiger partial charge in [0.25, 0.3) is 0 Å². The molecular weight excluding hydrogens is 248 g/mol. The first-order valence-corrected chi connectivity index (χ1v) is 7.24. The van der Waals surface area contributed by atoms with Crippen LogP contribution in [0.25, 0.3) is 10.8 Å². The zero-order valence-electron chi connectivity index (χ0n) is 11.6. The standard InChI is InChI=1S/C17H20N2O/c18-12-17(9-3-4-10-17)16(20)19-15-8-7-13-5-1-2-6-14(13)11-15/h1-2,5-8,11H,3-4,9-10,12,18H2,(H,19,20). The Morgan fingerprint density at radius 1 is 1.10 bits per heavy atom. The van der Waals surface area contributed by atoms with Gasteiger partial charge in [-0.2, -0.15) is 0 Å². The van der Waals surface area contributed by atoms with Crippen LogP contribution in [-0.2, 0) is 4.79 Å². The Hall–Kier alpha value is -1.87. The van der Waals surface area contributed by atoms with E-state index in [0.29, 0.717) is 6.54 Å². The Morgan fingerprint density at radius 3 is 2.50 bits per heavy atom. The lowest BCUT2D eigenvalue weighted by Gasteiger charge is -2.25. The van der Waals surface area contributed by atoms with Crippen LogP contribution in [-0.4, -0.2) is 12.5 Å². The van der Waals surface area contributed by atoms with E-state index in [4.69, 9.17) is 5.73 Å². The van der Waals surface area contributed by atoms with Gasteiger partial charge < -0.3 is 11.1 Å². The number of amides is 1. The van der Waals surface area contributed by atoms with Gasteiger partial charge in [0.1, 0.15) is 0 Å². The molecule has 0 saturated heterocycles. The van der Waals surface area contributed by atoms with Crippen molar-refractivity contribution >= 4 is 22.4 Å². The molecule has 3 rings (SSSR count). The van der Waals surface area contributed by atoms with Crippen molar-refractivity contribution in [2.24, 2.45) is 11.1 Å². The molecule has 0 aliphatic heterocycles. The summed E-state index contributed by atoms with van der Waals surface area (Å²) in [6.45, 7) is 0.437. The lowest BCUT2D eigenvalue weighted by Crippen LogP contribution is -2.40. The highest BCUT2D eigenvalue weighted by Crippen LogP contribution is 2.38. The van der Waals surface area contributed by atoms with Gasteiger partial charge in [0.05, 0.1) is 5.41 Å². The van der Waals surface area contributed by atoms with Crippen LogP contribution in [0.4, 0.5) is 5.69 Å². The normalized spacial score (nSPS) is 17.2. The first kappa shape index (κ1) is 13.1. The van der Waals surface area contributed by atoms with Crippen LogP contribution >= 0.6 is 0 Å². The van der Waals surface area contributed by atoms with E-state index in [1.807, 2.05) is 30.3 Å². The highest BCUT2D eigenvalue weighted by atomic mass is 16.2. The number of rotatable bonds is 3. The Balaban J connectivity index is 1.83. The molecule has 1 aliphatic rings. The van der Waals surface area contributed by atoms with Crippen LogP contribution in [0.15, 0.2) is 42.5 Å². The number of carbonyl (C=O) groups excluding carboxylic acids is 1. The lowest BCUT2D eigenvalue weighted by atomic mass is 9.85. The van der Waals surface area contributed by atoms with Gasteiger partial charge in [-0.3, -0.25) is 4.79 Å². The zero-order chi connectivity index (χ0) is 14.0. The van der Waals surface area contributed by atoms with E-state index >= 15 is 0 Å². The van der Waals surface area contributed by atoms with Gasteiger partial charge in [0.15, 0.2) is 0 Å². The smallest absolute Gasteiger partial charge is 0.231 e. The minimum Gasteiger partial charge on any atom is -0.329 e. The van der Waals surface area contributed by atoms with Gasteiger partial charge in [-0.05, 0) is 35.7 Å². The number of hydrogen-bond acceptors (Lipinski definition) is 2. The van der Waals surface area contributed by atoms with Crippen LogP contribution in [0.2, 0.25) is 0 Å². The molecule has 0 bridgehead atoms. The van der Waals surface area contributed by atoms with Crippen molar-refractivity contribution in [3.63, 3.8) is 0 Å². The number of benzene rings is 2. The summed E-state index contributed by atoms with van der Waals surface area (Å²) in [5.41, 5.74) is 6.35. The third-order valence-electron chi connectivity index (χ3n) is 4.44. The fraction of sp³-hybridized carbons (Fsp3) is 0.353. The number of anilines is 1. The van der Waals surface area contributed by atoms with E-state index in [2.05, 4.69) is 17.4 Å². The lowest BCUT2D eigenvalue weighted by molar-refractivity contribution is -0.124. The molecule has 0 atom stereocenters. The van der Waals surface area contributed by atoms with E-state index in [-0.39, 0.29) is 11.3 Å². The molecule has 104 valence electrons. The third kappa shape index (κ3) is 2.29. The summed E-state index contributed by atoms with van der Waals surface area (Å²) in [5.74, 6) is 0.0766. The van der Waals surface area contributed by atoms with Crippen molar-refractivity contribution < 1.29 is 4.79 Å². The predicted octanol–water partition coefficient (Wildman–Crippen LogP) is 3.30. The fourth-order valence-corrected chi connectivity index (χ4v) is 3.11. The minimum atomic E-state index is -0.356. The molecule has 3 N–H and O–H groups in total. The molecule has 0 spiro atoms. The van der Waals surface area contributed by atoms with Gasteiger partial charge >= 0.3 is 0 Å². The van der Waals surface area contributed by atoms with Crippen molar-refractivity contribution in [2.45, 2.75) is 25.7 Å². The second-order valence-electron chi connectivity index (χ2n) is 5.71. The third-order valence-corrected chi connectivity index (χ3v) is 4.44. The summed E-state index contributed by atoms with van der Waals surface area (Å²) in [5, 5.41) is 5.37. The number of nitrogens with two attached hydrogens (primary N) is 1. The maximum absolute atomic E-state index is 12.5. The Morgan fingerprint density at radius 2 is 1.80 bits per heavy atom. The van der Waals surface area contributed by atoms with Gasteiger partial charge in [-0.15, -0.1) is 0 Å². The second-order valence-corrected chi connectivity index (χ2v) is 5.71. The largest absolute Gasteiger partial charge is 0.329 e. The Bertz CT molecular complexity index is 630. The maximum atomic E-state index is 12.5. The number of fused-ring (bicyclic) bond motifs is 1. The average molecular weight is 268 g/mol. The van der Waals surface area contributed by atoms with Crippen molar-refractivity contribution in [3.8, 4) is 0 Å². The van der Waals surface area contributed by atoms with Gasteiger partial charge in [0.2, 0.25) is 5.91 Å². The molecule has 0 aromatic heterocycles. The van der Waals surface area contributed by atoms with Crippen molar-refractivity contribution in [1.82, 2.24) is 0 Å². The topological polar surface area (TPSA) is 55.1 Å². The predicted molar refractivity (Wildman–Crippen MR) is 82.5 cm³/mol. The van der Waals surface area contributed by atoms with E-state index in [9.17, 15) is 4.79 Å². The maximum Gasteiger partial charge on any atom is 0.231 e. The highest BCUT2D eigenvalue weighted by Gasteiger charge is 2.39. The van der Waals surface area contributed by atoms with Gasteiger partial charge in [-0.25, -0.2) is 0 Å². The van der Waals surface area contributed by atoms with E-state index in [1.165, 1.54) is 5.39 Å². The monoisotopic (exact) mass is 268 g/mol.